The number of ether oxygens (including phenoxy) is 2. The predicted octanol–water partition coefficient (Wildman–Crippen LogP) is 5.37. The molecule has 0 heterocycles. The van der Waals surface area contributed by atoms with Gasteiger partial charge in [0.2, 0.25) is 0 Å². The lowest BCUT2D eigenvalue weighted by Gasteiger charge is -2.19. The van der Waals surface area contributed by atoms with Gasteiger partial charge in [-0.25, -0.2) is 4.79 Å². The standard InChI is InChI=1S/C19H22O3/c1-11-12(2)14-9-10-16(21-18(20)22-19(3,4)5)15-8-6-7-13(11)17(14)15/h6-12H,1-5H3. The number of rotatable bonds is 1. The zero-order valence-corrected chi connectivity index (χ0v) is 13.8. The Bertz CT molecular complexity index is 726. The lowest BCUT2D eigenvalue weighted by atomic mass is 9.94. The van der Waals surface area contributed by atoms with Crippen molar-refractivity contribution in [1.82, 2.24) is 0 Å². The minimum atomic E-state index is -0.660. The van der Waals surface area contributed by atoms with Gasteiger partial charge in [-0.1, -0.05) is 38.1 Å². The average molecular weight is 298 g/mol. The van der Waals surface area contributed by atoms with E-state index in [0.29, 0.717) is 17.6 Å². The summed E-state index contributed by atoms with van der Waals surface area (Å²) >= 11 is 0. The summed E-state index contributed by atoms with van der Waals surface area (Å²) in [6.45, 7) is 9.96. The Balaban J connectivity index is 2.02. The molecule has 0 saturated carbocycles. The van der Waals surface area contributed by atoms with Gasteiger partial charge in [0.1, 0.15) is 11.4 Å². The van der Waals surface area contributed by atoms with Gasteiger partial charge in [0.25, 0.3) is 0 Å². The van der Waals surface area contributed by atoms with Gasteiger partial charge in [0, 0.05) is 5.39 Å². The Morgan fingerprint density at radius 1 is 1.00 bits per heavy atom. The molecule has 0 N–H and O–H groups in total. The van der Waals surface area contributed by atoms with Crippen LogP contribution in [0.5, 0.6) is 5.75 Å². The molecular weight excluding hydrogens is 276 g/mol. The van der Waals surface area contributed by atoms with Gasteiger partial charge < -0.3 is 9.47 Å². The minimum absolute atomic E-state index is 0.482. The maximum absolute atomic E-state index is 11.9. The number of benzene rings is 2. The highest BCUT2D eigenvalue weighted by Crippen LogP contribution is 2.48. The van der Waals surface area contributed by atoms with Crippen molar-refractivity contribution in [3.05, 3.63) is 41.5 Å². The van der Waals surface area contributed by atoms with Crippen LogP contribution in [0.15, 0.2) is 30.3 Å². The molecule has 0 radical (unpaired) electrons. The number of carbonyl (C=O) groups excluding carboxylic acids is 1. The van der Waals surface area contributed by atoms with E-state index in [2.05, 4.69) is 26.0 Å². The van der Waals surface area contributed by atoms with E-state index in [1.807, 2.05) is 39.0 Å². The first-order valence-electron chi connectivity index (χ1n) is 7.74. The van der Waals surface area contributed by atoms with Crippen molar-refractivity contribution >= 4 is 16.9 Å². The van der Waals surface area contributed by atoms with Gasteiger partial charge in [0.05, 0.1) is 0 Å². The van der Waals surface area contributed by atoms with Crippen LogP contribution >= 0.6 is 0 Å². The number of carbonyl (C=O) groups is 1. The maximum Gasteiger partial charge on any atom is 0.514 e. The van der Waals surface area contributed by atoms with E-state index in [0.717, 1.165) is 5.39 Å². The molecule has 3 rings (SSSR count). The van der Waals surface area contributed by atoms with E-state index >= 15 is 0 Å². The molecule has 3 nitrogen and oxygen atoms in total. The SMILES string of the molecule is CC1c2cccc3c(OC(=O)OC(C)(C)C)ccc(c23)C1C. The Labute approximate surface area is 131 Å². The molecule has 22 heavy (non-hydrogen) atoms. The molecule has 3 heteroatoms. The smallest absolute Gasteiger partial charge is 0.428 e. The van der Waals surface area contributed by atoms with Gasteiger partial charge in [-0.3, -0.25) is 0 Å². The Morgan fingerprint density at radius 2 is 1.64 bits per heavy atom. The fourth-order valence-corrected chi connectivity index (χ4v) is 3.18. The molecule has 2 aromatic carbocycles. The van der Waals surface area contributed by atoms with Crippen molar-refractivity contribution in [2.45, 2.75) is 52.1 Å². The topological polar surface area (TPSA) is 35.5 Å². The van der Waals surface area contributed by atoms with Crippen molar-refractivity contribution in [3.63, 3.8) is 0 Å². The second-order valence-corrected chi connectivity index (χ2v) is 7.07. The summed E-state index contributed by atoms with van der Waals surface area (Å²) in [7, 11) is 0. The Hall–Kier alpha value is -2.03. The van der Waals surface area contributed by atoms with E-state index in [1.54, 1.807) is 0 Å². The largest absolute Gasteiger partial charge is 0.514 e. The van der Waals surface area contributed by atoms with E-state index in [-0.39, 0.29) is 0 Å². The van der Waals surface area contributed by atoms with Crippen LogP contribution in [-0.4, -0.2) is 11.8 Å². The molecule has 2 aromatic rings. The molecule has 1 aliphatic carbocycles. The van der Waals surface area contributed by atoms with Crippen LogP contribution in [0.3, 0.4) is 0 Å². The first-order valence-corrected chi connectivity index (χ1v) is 7.74. The summed E-state index contributed by atoms with van der Waals surface area (Å²) in [6, 6.07) is 10.1. The van der Waals surface area contributed by atoms with Crippen molar-refractivity contribution in [3.8, 4) is 5.75 Å². The highest BCUT2D eigenvalue weighted by atomic mass is 16.7. The van der Waals surface area contributed by atoms with Gasteiger partial charge in [-0.05, 0) is 55.2 Å². The average Bonchev–Trinajstić information content (AvgIpc) is 2.66. The normalized spacial score (nSPS) is 20.2. The monoisotopic (exact) mass is 298 g/mol. The lowest BCUT2D eigenvalue weighted by molar-refractivity contribution is 0.0209. The lowest BCUT2D eigenvalue weighted by Crippen LogP contribution is -2.26. The van der Waals surface area contributed by atoms with Gasteiger partial charge >= 0.3 is 6.16 Å². The van der Waals surface area contributed by atoms with Gasteiger partial charge in [0.15, 0.2) is 0 Å². The maximum atomic E-state index is 11.9. The van der Waals surface area contributed by atoms with Crippen molar-refractivity contribution < 1.29 is 14.3 Å². The van der Waals surface area contributed by atoms with E-state index in [9.17, 15) is 4.79 Å². The van der Waals surface area contributed by atoms with E-state index < -0.39 is 11.8 Å². The Morgan fingerprint density at radius 3 is 2.27 bits per heavy atom. The summed E-state index contributed by atoms with van der Waals surface area (Å²) in [5.74, 6) is 1.53. The molecule has 0 spiro atoms. The van der Waals surface area contributed by atoms with Crippen LogP contribution < -0.4 is 4.74 Å². The third-order valence-corrected chi connectivity index (χ3v) is 4.38. The molecule has 0 fully saturated rings. The van der Waals surface area contributed by atoms with Crippen LogP contribution in [0.4, 0.5) is 4.79 Å². The Kier molecular flexibility index (Phi) is 3.39. The fourth-order valence-electron chi connectivity index (χ4n) is 3.18. The van der Waals surface area contributed by atoms with Crippen molar-refractivity contribution in [1.29, 1.82) is 0 Å². The molecule has 0 saturated heterocycles. The summed E-state index contributed by atoms with van der Waals surface area (Å²) in [5.41, 5.74) is 2.10. The molecule has 2 atom stereocenters. The molecule has 116 valence electrons. The second kappa shape index (κ2) is 5.01. The molecule has 2 unspecified atom stereocenters. The zero-order chi connectivity index (χ0) is 16.1. The number of hydrogen-bond donors (Lipinski definition) is 0. The van der Waals surface area contributed by atoms with Crippen molar-refractivity contribution in [2.75, 3.05) is 0 Å². The van der Waals surface area contributed by atoms with Crippen molar-refractivity contribution in [2.24, 2.45) is 0 Å². The fraction of sp³-hybridized carbons (Fsp3) is 0.421. The molecule has 0 bridgehead atoms. The minimum Gasteiger partial charge on any atom is -0.428 e. The predicted molar refractivity (Wildman–Crippen MR) is 87.6 cm³/mol. The van der Waals surface area contributed by atoms with Crippen LogP contribution in [0.2, 0.25) is 0 Å². The third kappa shape index (κ3) is 2.45. The molecule has 0 amide bonds. The quantitative estimate of drug-likeness (QED) is 0.524. The van der Waals surface area contributed by atoms with Crippen LogP contribution in [0.1, 0.15) is 57.6 Å². The number of hydrogen-bond acceptors (Lipinski definition) is 3. The van der Waals surface area contributed by atoms with Crippen LogP contribution in [-0.2, 0) is 4.74 Å². The summed E-state index contributed by atoms with van der Waals surface area (Å²) in [6.07, 6.45) is -0.660. The highest BCUT2D eigenvalue weighted by Gasteiger charge is 2.29. The van der Waals surface area contributed by atoms with E-state index in [4.69, 9.17) is 9.47 Å². The first kappa shape index (κ1) is 14.9. The summed E-state index contributed by atoms with van der Waals surface area (Å²) in [4.78, 5) is 11.9. The molecule has 0 aliphatic heterocycles. The summed E-state index contributed by atoms with van der Waals surface area (Å²) < 4.78 is 10.7. The second-order valence-electron chi connectivity index (χ2n) is 7.07. The highest BCUT2D eigenvalue weighted by molar-refractivity contribution is 5.97. The first-order chi connectivity index (χ1) is 10.3. The zero-order valence-electron chi connectivity index (χ0n) is 13.8. The van der Waals surface area contributed by atoms with Gasteiger partial charge in [-0.2, -0.15) is 0 Å². The summed E-state index contributed by atoms with van der Waals surface area (Å²) in [5, 5.41) is 2.21. The van der Waals surface area contributed by atoms with Crippen LogP contribution in [0, 0.1) is 0 Å². The molecule has 1 aliphatic rings. The molecule has 0 aromatic heterocycles. The van der Waals surface area contributed by atoms with Gasteiger partial charge in [-0.15, -0.1) is 0 Å². The van der Waals surface area contributed by atoms with Crippen LogP contribution in [0.25, 0.3) is 10.8 Å². The van der Waals surface area contributed by atoms with E-state index in [1.165, 1.54) is 16.5 Å². The third-order valence-electron chi connectivity index (χ3n) is 4.38. The molecular formula is C19H22O3.